The van der Waals surface area contributed by atoms with Crippen molar-refractivity contribution in [2.45, 2.75) is 38.2 Å². The van der Waals surface area contributed by atoms with Gasteiger partial charge in [0.2, 0.25) is 5.89 Å². The van der Waals surface area contributed by atoms with Crippen molar-refractivity contribution in [1.29, 1.82) is 0 Å². The summed E-state index contributed by atoms with van der Waals surface area (Å²) in [7, 11) is 0. The van der Waals surface area contributed by atoms with Crippen LogP contribution in [0.5, 0.6) is 0 Å². The Morgan fingerprint density at radius 1 is 1.09 bits per heavy atom. The van der Waals surface area contributed by atoms with Crippen LogP contribution in [0.25, 0.3) is 0 Å². The van der Waals surface area contributed by atoms with Gasteiger partial charge in [0, 0.05) is 11.1 Å². The van der Waals surface area contributed by atoms with Gasteiger partial charge in [-0.05, 0) is 26.3 Å². The molecule has 4 nitrogen and oxygen atoms in total. The van der Waals surface area contributed by atoms with Gasteiger partial charge in [0.05, 0.1) is 17.1 Å². The van der Waals surface area contributed by atoms with E-state index in [9.17, 15) is 0 Å². The van der Waals surface area contributed by atoms with Crippen molar-refractivity contribution in [3.05, 3.63) is 56.9 Å². The number of nitrogens with zero attached hydrogens (tertiary/aromatic N) is 3. The average Bonchev–Trinajstić information content (AvgIpc) is 3.05. The van der Waals surface area contributed by atoms with Crippen LogP contribution in [0.3, 0.4) is 0 Å². The summed E-state index contributed by atoms with van der Waals surface area (Å²) in [5, 5.41) is 11.9. The number of rotatable bonds is 5. The molecule has 0 unspecified atom stereocenters. The van der Waals surface area contributed by atoms with Crippen LogP contribution in [0, 0.1) is 20.8 Å². The number of benzene rings is 1. The monoisotopic (exact) mass is 331 g/mol. The van der Waals surface area contributed by atoms with Gasteiger partial charge in [-0.3, -0.25) is 0 Å². The summed E-state index contributed by atoms with van der Waals surface area (Å²) in [6.45, 7) is 6.22. The molecule has 0 amide bonds. The van der Waals surface area contributed by atoms with Gasteiger partial charge in [-0.2, -0.15) is 0 Å². The topological polar surface area (TPSA) is 51.8 Å². The van der Waals surface area contributed by atoms with E-state index in [0.29, 0.717) is 17.5 Å². The van der Waals surface area contributed by atoms with Crippen molar-refractivity contribution in [3.63, 3.8) is 0 Å². The van der Waals surface area contributed by atoms with Crippen LogP contribution in [0.1, 0.15) is 33.3 Å². The van der Waals surface area contributed by atoms with Gasteiger partial charge >= 0.3 is 0 Å². The third kappa shape index (κ3) is 3.96. The minimum absolute atomic E-state index is 0.599. The van der Waals surface area contributed by atoms with E-state index in [1.54, 1.807) is 23.1 Å². The number of aryl methyl sites for hydroxylation is 3. The van der Waals surface area contributed by atoms with E-state index in [0.717, 1.165) is 16.5 Å². The van der Waals surface area contributed by atoms with Crippen molar-refractivity contribution in [2.75, 3.05) is 0 Å². The Kier molecular flexibility index (Phi) is 4.59. The number of thiazole rings is 1. The largest absolute Gasteiger partial charge is 0.416 e. The Morgan fingerprint density at radius 3 is 2.55 bits per heavy atom. The van der Waals surface area contributed by atoms with Crippen LogP contribution in [-0.2, 0) is 12.2 Å². The van der Waals surface area contributed by atoms with Crippen LogP contribution in [0.15, 0.2) is 33.2 Å². The SMILES string of the molecule is Cc1cc(C)cc(CSc2nnc(Cc3csc(C)n3)o2)c1. The lowest BCUT2D eigenvalue weighted by Gasteiger charge is -2.02. The first kappa shape index (κ1) is 15.2. The first-order chi connectivity index (χ1) is 10.6. The summed E-state index contributed by atoms with van der Waals surface area (Å²) < 4.78 is 5.68. The van der Waals surface area contributed by atoms with Crippen LogP contribution in [0.2, 0.25) is 0 Å². The van der Waals surface area contributed by atoms with Gasteiger partial charge in [-0.1, -0.05) is 41.1 Å². The Bertz CT molecular complexity index is 759. The molecule has 0 saturated carbocycles. The summed E-state index contributed by atoms with van der Waals surface area (Å²) in [6, 6.07) is 6.56. The molecular formula is C16H17N3OS2. The van der Waals surface area contributed by atoms with Crippen molar-refractivity contribution < 1.29 is 4.42 Å². The molecule has 2 heterocycles. The number of hydrogen-bond donors (Lipinski definition) is 0. The summed E-state index contributed by atoms with van der Waals surface area (Å²) >= 11 is 3.20. The molecule has 1 aromatic carbocycles. The van der Waals surface area contributed by atoms with Gasteiger partial charge < -0.3 is 4.42 Å². The Labute approximate surface area is 138 Å². The fourth-order valence-electron chi connectivity index (χ4n) is 2.31. The molecule has 0 aliphatic heterocycles. The lowest BCUT2D eigenvalue weighted by molar-refractivity contribution is 0.419. The Morgan fingerprint density at radius 2 is 1.86 bits per heavy atom. The van der Waals surface area contributed by atoms with Gasteiger partial charge in [0.15, 0.2) is 0 Å². The second-order valence-electron chi connectivity index (χ2n) is 5.28. The lowest BCUT2D eigenvalue weighted by atomic mass is 10.1. The molecule has 2 aromatic heterocycles. The average molecular weight is 331 g/mol. The van der Waals surface area contributed by atoms with Crippen LogP contribution in [0.4, 0.5) is 0 Å². The minimum Gasteiger partial charge on any atom is -0.416 e. The molecule has 3 rings (SSSR count). The van der Waals surface area contributed by atoms with E-state index in [-0.39, 0.29) is 0 Å². The molecule has 0 atom stereocenters. The van der Waals surface area contributed by atoms with Gasteiger partial charge in [0.25, 0.3) is 5.22 Å². The molecule has 6 heteroatoms. The number of aromatic nitrogens is 3. The number of thioether (sulfide) groups is 1. The molecule has 22 heavy (non-hydrogen) atoms. The molecule has 0 N–H and O–H groups in total. The van der Waals surface area contributed by atoms with Gasteiger partial charge in [-0.25, -0.2) is 4.98 Å². The van der Waals surface area contributed by atoms with Crippen molar-refractivity contribution >= 4 is 23.1 Å². The molecule has 0 aliphatic carbocycles. The first-order valence-corrected chi connectivity index (χ1v) is 8.88. The molecule has 0 spiro atoms. The van der Waals surface area contributed by atoms with E-state index in [4.69, 9.17) is 4.42 Å². The minimum atomic E-state index is 0.599. The zero-order valence-electron chi connectivity index (χ0n) is 12.8. The lowest BCUT2D eigenvalue weighted by Crippen LogP contribution is -1.88. The fourth-order valence-corrected chi connectivity index (χ4v) is 3.63. The number of hydrogen-bond acceptors (Lipinski definition) is 6. The van der Waals surface area contributed by atoms with E-state index < -0.39 is 0 Å². The molecule has 114 valence electrons. The third-order valence-electron chi connectivity index (χ3n) is 3.09. The van der Waals surface area contributed by atoms with E-state index in [1.807, 2.05) is 12.3 Å². The van der Waals surface area contributed by atoms with E-state index in [2.05, 4.69) is 47.2 Å². The van der Waals surface area contributed by atoms with Crippen molar-refractivity contribution in [3.8, 4) is 0 Å². The van der Waals surface area contributed by atoms with Crippen LogP contribution >= 0.6 is 23.1 Å². The molecule has 0 fully saturated rings. The van der Waals surface area contributed by atoms with Crippen molar-refractivity contribution in [2.24, 2.45) is 0 Å². The fraction of sp³-hybridized carbons (Fsp3) is 0.312. The normalized spacial score (nSPS) is 11.0. The highest BCUT2D eigenvalue weighted by Crippen LogP contribution is 2.23. The smallest absolute Gasteiger partial charge is 0.276 e. The molecule has 0 aliphatic rings. The maximum Gasteiger partial charge on any atom is 0.276 e. The maximum atomic E-state index is 5.68. The highest BCUT2D eigenvalue weighted by Gasteiger charge is 2.10. The second-order valence-corrected chi connectivity index (χ2v) is 7.27. The van der Waals surface area contributed by atoms with E-state index >= 15 is 0 Å². The van der Waals surface area contributed by atoms with Crippen LogP contribution < -0.4 is 0 Å². The molecule has 0 bridgehead atoms. The molecule has 0 saturated heterocycles. The summed E-state index contributed by atoms with van der Waals surface area (Å²) in [5.41, 5.74) is 4.82. The summed E-state index contributed by atoms with van der Waals surface area (Å²) in [4.78, 5) is 4.41. The first-order valence-electron chi connectivity index (χ1n) is 7.02. The molecular weight excluding hydrogens is 314 g/mol. The predicted octanol–water partition coefficient (Wildman–Crippen LogP) is 4.33. The van der Waals surface area contributed by atoms with Gasteiger partial charge in [0.1, 0.15) is 0 Å². The standard InChI is InChI=1S/C16H17N3OS2/c1-10-4-11(2)6-13(5-10)8-22-16-19-18-15(20-16)7-14-9-21-12(3)17-14/h4-6,9H,7-8H2,1-3H3. The molecule has 0 radical (unpaired) electrons. The molecule has 3 aromatic rings. The Balaban J connectivity index is 1.61. The third-order valence-corrected chi connectivity index (χ3v) is 4.80. The quantitative estimate of drug-likeness (QED) is 0.651. The van der Waals surface area contributed by atoms with Crippen LogP contribution in [-0.4, -0.2) is 15.2 Å². The van der Waals surface area contributed by atoms with Crippen molar-refractivity contribution in [1.82, 2.24) is 15.2 Å². The second kappa shape index (κ2) is 6.62. The highest BCUT2D eigenvalue weighted by molar-refractivity contribution is 7.98. The zero-order valence-corrected chi connectivity index (χ0v) is 14.4. The summed E-state index contributed by atoms with van der Waals surface area (Å²) in [6.07, 6.45) is 0.599. The Hall–Kier alpha value is -1.66. The maximum absolute atomic E-state index is 5.68. The zero-order chi connectivity index (χ0) is 15.5. The highest BCUT2D eigenvalue weighted by atomic mass is 32.2. The van der Waals surface area contributed by atoms with Gasteiger partial charge in [-0.15, -0.1) is 21.5 Å². The summed E-state index contributed by atoms with van der Waals surface area (Å²) in [5.74, 6) is 1.45. The predicted molar refractivity (Wildman–Crippen MR) is 89.4 cm³/mol. The van der Waals surface area contributed by atoms with E-state index in [1.165, 1.54) is 16.7 Å².